The Morgan fingerprint density at radius 3 is 2.88 bits per heavy atom. The lowest BCUT2D eigenvalue weighted by Gasteiger charge is -2.21. The van der Waals surface area contributed by atoms with E-state index in [1.807, 2.05) is 11.7 Å². The van der Waals surface area contributed by atoms with Crippen LogP contribution in [0.1, 0.15) is 36.9 Å². The van der Waals surface area contributed by atoms with Crippen LogP contribution in [0.3, 0.4) is 0 Å². The highest BCUT2D eigenvalue weighted by atomic mass is 15.2. The van der Waals surface area contributed by atoms with Gasteiger partial charge in [-0.3, -0.25) is 4.68 Å². The zero-order valence-corrected chi connectivity index (χ0v) is 10.9. The van der Waals surface area contributed by atoms with E-state index in [0.29, 0.717) is 0 Å². The van der Waals surface area contributed by atoms with E-state index < -0.39 is 0 Å². The maximum Gasteiger partial charge on any atom is 0.0638 e. The fourth-order valence-electron chi connectivity index (χ4n) is 3.84. The van der Waals surface area contributed by atoms with Gasteiger partial charge in [0, 0.05) is 25.4 Å². The van der Waals surface area contributed by atoms with E-state index in [1.165, 1.54) is 37.8 Å². The van der Waals surface area contributed by atoms with Crippen molar-refractivity contribution in [2.24, 2.45) is 24.8 Å². The van der Waals surface area contributed by atoms with Crippen LogP contribution in [0.15, 0.2) is 6.20 Å². The van der Waals surface area contributed by atoms with Crippen molar-refractivity contribution in [2.75, 3.05) is 6.54 Å². The van der Waals surface area contributed by atoms with E-state index in [-0.39, 0.29) is 0 Å². The minimum absolute atomic E-state index is 0.950. The smallest absolute Gasteiger partial charge is 0.0638 e. The summed E-state index contributed by atoms with van der Waals surface area (Å²) in [6.45, 7) is 4.28. The average Bonchev–Trinajstić information content (AvgIpc) is 2.95. The first-order valence-electron chi connectivity index (χ1n) is 6.92. The van der Waals surface area contributed by atoms with Crippen LogP contribution in [0.5, 0.6) is 0 Å². The summed E-state index contributed by atoms with van der Waals surface area (Å²) in [4.78, 5) is 0. The Morgan fingerprint density at radius 2 is 2.29 bits per heavy atom. The first-order valence-corrected chi connectivity index (χ1v) is 6.92. The SMILES string of the molecule is Cc1nn(C)cc1CNCC1CC2CCC1C2. The Hall–Kier alpha value is -0.830. The van der Waals surface area contributed by atoms with Gasteiger partial charge >= 0.3 is 0 Å². The van der Waals surface area contributed by atoms with E-state index in [2.05, 4.69) is 23.5 Å². The van der Waals surface area contributed by atoms with E-state index in [9.17, 15) is 0 Å². The van der Waals surface area contributed by atoms with Crippen LogP contribution >= 0.6 is 0 Å². The Balaban J connectivity index is 1.48. The molecule has 2 fully saturated rings. The van der Waals surface area contributed by atoms with E-state index in [0.717, 1.165) is 30.0 Å². The van der Waals surface area contributed by atoms with Crippen molar-refractivity contribution in [2.45, 2.75) is 39.2 Å². The average molecular weight is 233 g/mol. The summed E-state index contributed by atoms with van der Waals surface area (Å²) in [5.41, 5.74) is 2.50. The summed E-state index contributed by atoms with van der Waals surface area (Å²) in [7, 11) is 1.99. The monoisotopic (exact) mass is 233 g/mol. The molecule has 0 aromatic carbocycles. The van der Waals surface area contributed by atoms with Crippen LogP contribution in [-0.4, -0.2) is 16.3 Å². The number of hydrogen-bond acceptors (Lipinski definition) is 2. The normalized spacial score (nSPS) is 31.3. The molecule has 0 amide bonds. The van der Waals surface area contributed by atoms with Crippen LogP contribution in [0.2, 0.25) is 0 Å². The number of aromatic nitrogens is 2. The fraction of sp³-hybridized carbons (Fsp3) is 0.786. The maximum atomic E-state index is 4.38. The van der Waals surface area contributed by atoms with Gasteiger partial charge in [0.15, 0.2) is 0 Å². The van der Waals surface area contributed by atoms with Crippen molar-refractivity contribution >= 4 is 0 Å². The fourth-order valence-corrected chi connectivity index (χ4v) is 3.84. The van der Waals surface area contributed by atoms with Crippen molar-refractivity contribution in [1.29, 1.82) is 0 Å². The zero-order chi connectivity index (χ0) is 11.8. The van der Waals surface area contributed by atoms with Crippen molar-refractivity contribution in [3.05, 3.63) is 17.5 Å². The van der Waals surface area contributed by atoms with Gasteiger partial charge in [-0.25, -0.2) is 0 Å². The number of hydrogen-bond donors (Lipinski definition) is 1. The first-order chi connectivity index (χ1) is 8.22. The zero-order valence-electron chi connectivity index (χ0n) is 10.9. The van der Waals surface area contributed by atoms with Crippen LogP contribution in [-0.2, 0) is 13.6 Å². The molecule has 17 heavy (non-hydrogen) atoms. The van der Waals surface area contributed by atoms with Gasteiger partial charge < -0.3 is 5.32 Å². The Kier molecular flexibility index (Phi) is 2.95. The Bertz CT molecular complexity index is 396. The largest absolute Gasteiger partial charge is 0.312 e. The second-order valence-electron chi connectivity index (χ2n) is 5.98. The van der Waals surface area contributed by atoms with E-state index >= 15 is 0 Å². The molecule has 3 unspecified atom stereocenters. The molecular weight excluding hydrogens is 210 g/mol. The number of rotatable bonds is 4. The predicted octanol–water partition coefficient (Wildman–Crippen LogP) is 2.25. The predicted molar refractivity (Wildman–Crippen MR) is 68.6 cm³/mol. The quantitative estimate of drug-likeness (QED) is 0.864. The number of nitrogens with one attached hydrogen (secondary N) is 1. The van der Waals surface area contributed by atoms with Crippen molar-refractivity contribution in [3.8, 4) is 0 Å². The lowest BCUT2D eigenvalue weighted by Crippen LogP contribution is -2.26. The van der Waals surface area contributed by atoms with Crippen LogP contribution in [0, 0.1) is 24.7 Å². The van der Waals surface area contributed by atoms with Gasteiger partial charge in [0.25, 0.3) is 0 Å². The van der Waals surface area contributed by atoms with Gasteiger partial charge in [-0.2, -0.15) is 5.10 Å². The summed E-state index contributed by atoms with van der Waals surface area (Å²) in [5, 5.41) is 8.01. The minimum Gasteiger partial charge on any atom is -0.312 e. The molecule has 94 valence electrons. The molecule has 3 nitrogen and oxygen atoms in total. The molecule has 1 aromatic rings. The molecule has 2 aliphatic carbocycles. The molecular formula is C14H23N3. The summed E-state index contributed by atoms with van der Waals surface area (Å²) < 4.78 is 1.91. The summed E-state index contributed by atoms with van der Waals surface area (Å²) in [6, 6.07) is 0. The first kappa shape index (κ1) is 11.3. The third-order valence-corrected chi connectivity index (χ3v) is 4.72. The molecule has 0 aliphatic heterocycles. The molecule has 0 saturated heterocycles. The summed E-state index contributed by atoms with van der Waals surface area (Å²) >= 11 is 0. The molecule has 3 rings (SSSR count). The third-order valence-electron chi connectivity index (χ3n) is 4.72. The van der Waals surface area contributed by atoms with Crippen LogP contribution < -0.4 is 5.32 Å². The molecule has 3 atom stereocenters. The molecule has 1 N–H and O–H groups in total. The lowest BCUT2D eigenvalue weighted by atomic mass is 9.89. The van der Waals surface area contributed by atoms with Gasteiger partial charge in [-0.15, -0.1) is 0 Å². The number of aryl methyl sites for hydroxylation is 2. The molecule has 1 heterocycles. The highest BCUT2D eigenvalue weighted by molar-refractivity contribution is 5.14. The van der Waals surface area contributed by atoms with E-state index in [1.54, 1.807) is 0 Å². The lowest BCUT2D eigenvalue weighted by molar-refractivity contribution is 0.318. The van der Waals surface area contributed by atoms with Crippen molar-refractivity contribution in [3.63, 3.8) is 0 Å². The molecule has 3 heteroatoms. The topological polar surface area (TPSA) is 29.9 Å². The third kappa shape index (κ3) is 2.25. The van der Waals surface area contributed by atoms with Crippen LogP contribution in [0.4, 0.5) is 0 Å². The van der Waals surface area contributed by atoms with Gasteiger partial charge in [-0.1, -0.05) is 6.42 Å². The Morgan fingerprint density at radius 1 is 1.41 bits per heavy atom. The number of nitrogens with zero attached hydrogens (tertiary/aromatic N) is 2. The molecule has 2 aliphatic rings. The summed E-state index contributed by atoms with van der Waals surface area (Å²) in [6.07, 6.45) is 8.11. The molecule has 0 spiro atoms. The standard InChI is InChI=1S/C14H23N3/c1-10-14(9-17(2)16-10)8-15-7-13-6-11-3-4-12(13)5-11/h9,11-13,15H,3-8H2,1-2H3. The summed E-state index contributed by atoms with van der Waals surface area (Å²) in [5.74, 6) is 3.04. The van der Waals surface area contributed by atoms with Crippen molar-refractivity contribution < 1.29 is 0 Å². The molecule has 1 aromatic heterocycles. The van der Waals surface area contributed by atoms with E-state index in [4.69, 9.17) is 0 Å². The highest BCUT2D eigenvalue weighted by Crippen LogP contribution is 2.47. The Labute approximate surface area is 104 Å². The second-order valence-corrected chi connectivity index (χ2v) is 5.98. The van der Waals surface area contributed by atoms with Gasteiger partial charge in [0.05, 0.1) is 5.69 Å². The minimum atomic E-state index is 0.950. The van der Waals surface area contributed by atoms with Crippen molar-refractivity contribution in [1.82, 2.24) is 15.1 Å². The van der Waals surface area contributed by atoms with Gasteiger partial charge in [-0.05, 0) is 50.5 Å². The second kappa shape index (κ2) is 4.45. The number of fused-ring (bicyclic) bond motifs is 2. The maximum absolute atomic E-state index is 4.38. The molecule has 2 saturated carbocycles. The van der Waals surface area contributed by atoms with Crippen LogP contribution in [0.25, 0.3) is 0 Å². The molecule has 2 bridgehead atoms. The van der Waals surface area contributed by atoms with Gasteiger partial charge in [0.2, 0.25) is 0 Å². The molecule has 0 radical (unpaired) electrons. The van der Waals surface area contributed by atoms with Gasteiger partial charge in [0.1, 0.15) is 0 Å². The highest BCUT2D eigenvalue weighted by Gasteiger charge is 2.38.